The highest BCUT2D eigenvalue weighted by Gasteiger charge is 2.63. The highest BCUT2D eigenvalue weighted by atomic mass is 35.5. The van der Waals surface area contributed by atoms with Crippen LogP contribution in [0.3, 0.4) is 0 Å². The van der Waals surface area contributed by atoms with Crippen molar-refractivity contribution in [2.24, 2.45) is 35.5 Å². The number of benzene rings is 1. The zero-order valence-corrected chi connectivity index (χ0v) is 14.8. The number of hydrogen-bond donors (Lipinski definition) is 0. The Morgan fingerprint density at radius 1 is 1.04 bits per heavy atom. The van der Waals surface area contributed by atoms with Crippen LogP contribution in [-0.2, 0) is 25.7 Å². The molecule has 2 bridgehead atoms. The van der Waals surface area contributed by atoms with Crippen LogP contribution in [0, 0.1) is 35.5 Å². The quantitative estimate of drug-likeness (QED) is 0.594. The molecule has 0 N–H and O–H groups in total. The van der Waals surface area contributed by atoms with Crippen LogP contribution < -0.4 is 0 Å². The lowest BCUT2D eigenvalue weighted by molar-refractivity contribution is -0.168. The molecular formula is C20H21ClO4. The summed E-state index contributed by atoms with van der Waals surface area (Å²) in [6.45, 7) is 2.24. The van der Waals surface area contributed by atoms with E-state index in [2.05, 4.69) is 12.2 Å². The van der Waals surface area contributed by atoms with E-state index < -0.39 is 11.8 Å². The minimum absolute atomic E-state index is 0.0863. The van der Waals surface area contributed by atoms with Crippen molar-refractivity contribution in [3.05, 3.63) is 47.0 Å². The molecule has 4 aliphatic carbocycles. The number of carbonyl (C=O) groups is 2. The summed E-state index contributed by atoms with van der Waals surface area (Å²) in [6, 6.07) is 7.30. The predicted molar refractivity (Wildman–Crippen MR) is 92.6 cm³/mol. The van der Waals surface area contributed by atoms with Gasteiger partial charge in [0.2, 0.25) is 0 Å². The third-order valence-corrected chi connectivity index (χ3v) is 6.18. The van der Waals surface area contributed by atoms with Crippen LogP contribution in [0.5, 0.6) is 0 Å². The van der Waals surface area contributed by atoms with E-state index in [0.29, 0.717) is 23.5 Å². The number of hydrogen-bond acceptors (Lipinski definition) is 4. The molecule has 4 aliphatic rings. The number of rotatable bonds is 5. The molecule has 0 saturated heterocycles. The van der Waals surface area contributed by atoms with Crippen LogP contribution in [0.25, 0.3) is 0 Å². The Morgan fingerprint density at radius 3 is 2.24 bits per heavy atom. The fraction of sp³-hybridized carbons (Fsp3) is 0.500. The third kappa shape index (κ3) is 2.86. The average molecular weight is 361 g/mol. The Morgan fingerprint density at radius 2 is 1.64 bits per heavy atom. The fourth-order valence-corrected chi connectivity index (χ4v) is 4.81. The standard InChI is InChI=1S/C20H21ClO4/c1-2-24-19(22)17-12-7-8-13(15-9-14(12)15)18(17)20(23)25-10-11-5-3-4-6-16(11)21/h3-8,12-15,17-18H,2,9-10H2,1H3/t12-,13+,14-,15+,17+,18+/m1/s1. The van der Waals surface area contributed by atoms with E-state index in [1.54, 1.807) is 13.0 Å². The highest BCUT2D eigenvalue weighted by Crippen LogP contribution is 2.63. The van der Waals surface area contributed by atoms with Crippen LogP contribution in [0.15, 0.2) is 36.4 Å². The maximum absolute atomic E-state index is 12.8. The van der Waals surface area contributed by atoms with Gasteiger partial charge in [0.05, 0.1) is 18.4 Å². The average Bonchev–Trinajstić information content (AvgIpc) is 3.43. The Hall–Kier alpha value is -1.81. The summed E-state index contributed by atoms with van der Waals surface area (Å²) in [5, 5.41) is 0.574. The smallest absolute Gasteiger partial charge is 0.310 e. The zero-order valence-electron chi connectivity index (χ0n) is 14.1. The minimum Gasteiger partial charge on any atom is -0.466 e. The molecule has 6 atom stereocenters. The largest absolute Gasteiger partial charge is 0.466 e. The maximum Gasteiger partial charge on any atom is 0.310 e. The molecule has 0 unspecified atom stereocenters. The highest BCUT2D eigenvalue weighted by molar-refractivity contribution is 6.31. The number of fused-ring (bicyclic) bond motifs is 1. The molecule has 0 aliphatic heterocycles. The Balaban J connectivity index is 1.52. The first-order valence-electron chi connectivity index (χ1n) is 8.86. The first-order chi connectivity index (χ1) is 12.1. The lowest BCUT2D eigenvalue weighted by atomic mass is 9.62. The van der Waals surface area contributed by atoms with Crippen LogP contribution in [0.2, 0.25) is 5.02 Å². The van der Waals surface area contributed by atoms with E-state index >= 15 is 0 Å². The van der Waals surface area contributed by atoms with Gasteiger partial charge in [-0.1, -0.05) is 42.0 Å². The van der Waals surface area contributed by atoms with Gasteiger partial charge in [0, 0.05) is 10.6 Å². The van der Waals surface area contributed by atoms with E-state index in [9.17, 15) is 9.59 Å². The molecule has 0 aromatic heterocycles. The van der Waals surface area contributed by atoms with Gasteiger partial charge in [-0.25, -0.2) is 0 Å². The van der Waals surface area contributed by atoms with Gasteiger partial charge in [-0.2, -0.15) is 0 Å². The van der Waals surface area contributed by atoms with Crippen molar-refractivity contribution in [1.82, 2.24) is 0 Å². The first-order valence-corrected chi connectivity index (χ1v) is 9.24. The molecule has 132 valence electrons. The van der Waals surface area contributed by atoms with Gasteiger partial charge in [0.15, 0.2) is 0 Å². The van der Waals surface area contributed by atoms with Gasteiger partial charge in [-0.15, -0.1) is 0 Å². The molecule has 1 aromatic rings. The van der Waals surface area contributed by atoms with E-state index in [4.69, 9.17) is 21.1 Å². The van der Waals surface area contributed by atoms with Gasteiger partial charge in [-0.05, 0) is 43.1 Å². The molecule has 5 rings (SSSR count). The predicted octanol–water partition coefficient (Wildman–Crippen LogP) is 3.63. The van der Waals surface area contributed by atoms with Crippen LogP contribution in [0.4, 0.5) is 0 Å². The summed E-state index contributed by atoms with van der Waals surface area (Å²) in [4.78, 5) is 25.4. The molecule has 0 spiro atoms. The number of ether oxygens (including phenoxy) is 2. The fourth-order valence-electron chi connectivity index (χ4n) is 4.62. The van der Waals surface area contributed by atoms with Crippen molar-refractivity contribution < 1.29 is 19.1 Å². The number of carbonyl (C=O) groups excluding carboxylic acids is 2. The normalized spacial score (nSPS) is 34.3. The van der Waals surface area contributed by atoms with Gasteiger partial charge < -0.3 is 9.47 Å². The van der Waals surface area contributed by atoms with Crippen molar-refractivity contribution in [1.29, 1.82) is 0 Å². The molecule has 0 amide bonds. The lowest BCUT2D eigenvalue weighted by Crippen LogP contribution is -2.47. The molecular weight excluding hydrogens is 340 g/mol. The monoisotopic (exact) mass is 360 g/mol. The van der Waals surface area contributed by atoms with Crippen LogP contribution in [0.1, 0.15) is 18.9 Å². The summed E-state index contributed by atoms with van der Waals surface area (Å²) in [7, 11) is 0. The molecule has 2 fully saturated rings. The summed E-state index contributed by atoms with van der Waals surface area (Å²) in [5.41, 5.74) is 0.769. The first kappa shape index (κ1) is 16.6. The van der Waals surface area contributed by atoms with E-state index in [-0.39, 0.29) is 30.4 Å². The Kier molecular flexibility index (Phi) is 4.32. The van der Waals surface area contributed by atoms with Gasteiger partial charge in [0.25, 0.3) is 0 Å². The number of allylic oxidation sites excluding steroid dienone is 2. The van der Waals surface area contributed by atoms with E-state index in [0.717, 1.165) is 12.0 Å². The van der Waals surface area contributed by atoms with Crippen molar-refractivity contribution >= 4 is 23.5 Å². The molecule has 2 saturated carbocycles. The summed E-state index contributed by atoms with van der Waals surface area (Å²) < 4.78 is 10.8. The van der Waals surface area contributed by atoms with Gasteiger partial charge in [-0.3, -0.25) is 9.59 Å². The van der Waals surface area contributed by atoms with Gasteiger partial charge in [0.1, 0.15) is 6.61 Å². The Labute approximate surface area is 152 Å². The SMILES string of the molecule is CCOC(=O)[C@H]1[C@@H]2C=C[C@@H]([C@@H]3C[C@H]23)[C@@H]1C(=O)OCc1ccccc1Cl. The second-order valence-corrected chi connectivity index (χ2v) is 7.51. The molecule has 1 aromatic carbocycles. The van der Waals surface area contributed by atoms with Crippen molar-refractivity contribution in [2.75, 3.05) is 6.61 Å². The third-order valence-electron chi connectivity index (χ3n) is 5.81. The molecule has 0 heterocycles. The zero-order chi connectivity index (χ0) is 17.6. The van der Waals surface area contributed by atoms with Crippen molar-refractivity contribution in [2.45, 2.75) is 20.0 Å². The second-order valence-electron chi connectivity index (χ2n) is 7.11. The summed E-state index contributed by atoms with van der Waals surface area (Å²) >= 11 is 6.13. The van der Waals surface area contributed by atoms with Gasteiger partial charge >= 0.3 is 11.9 Å². The molecule has 5 heteroatoms. The number of halogens is 1. The Bertz CT molecular complexity index is 728. The van der Waals surface area contributed by atoms with E-state index in [1.807, 2.05) is 18.2 Å². The van der Waals surface area contributed by atoms with Crippen LogP contribution >= 0.6 is 11.6 Å². The summed E-state index contributed by atoms with van der Waals surface area (Å²) in [5.74, 6) is -0.224. The molecule has 4 nitrogen and oxygen atoms in total. The minimum atomic E-state index is -0.444. The van der Waals surface area contributed by atoms with Crippen molar-refractivity contribution in [3.63, 3.8) is 0 Å². The molecule has 25 heavy (non-hydrogen) atoms. The molecule has 0 radical (unpaired) electrons. The topological polar surface area (TPSA) is 52.6 Å². The maximum atomic E-state index is 12.8. The van der Waals surface area contributed by atoms with Crippen molar-refractivity contribution in [3.8, 4) is 0 Å². The lowest BCUT2D eigenvalue weighted by Gasteiger charge is -2.41. The second kappa shape index (κ2) is 6.49. The van der Waals surface area contributed by atoms with Crippen LogP contribution in [-0.4, -0.2) is 18.5 Å². The number of esters is 2. The summed E-state index contributed by atoms with van der Waals surface area (Å²) in [6.07, 6.45) is 5.31. The van der Waals surface area contributed by atoms with E-state index in [1.165, 1.54) is 0 Å².